The van der Waals surface area contributed by atoms with Crippen LogP contribution in [0, 0.1) is 6.92 Å². The first-order valence-corrected chi connectivity index (χ1v) is 9.99. The number of aromatic nitrogens is 2. The normalized spacial score (nSPS) is 11.2. The first-order chi connectivity index (χ1) is 14.3. The molecule has 1 aromatic heterocycles. The number of rotatable bonds is 9. The second-order valence-electron chi connectivity index (χ2n) is 7.17. The number of hydrogen-bond donors (Lipinski definition) is 3. The molecule has 8 nitrogen and oxygen atoms in total. The summed E-state index contributed by atoms with van der Waals surface area (Å²) in [4.78, 5) is 32.2. The third kappa shape index (κ3) is 6.88. The largest absolute Gasteiger partial charge is 0.370 e. The summed E-state index contributed by atoms with van der Waals surface area (Å²) in [7, 11) is 0. The van der Waals surface area contributed by atoms with Crippen LogP contribution in [0.5, 0.6) is 0 Å². The minimum absolute atomic E-state index is 0.0293. The standard InChI is InChI=1S/C22H30N6O2/c1-4-5-15(2)12-18-14-28(22(30)27-16(18)3)19-8-6-17(7-9-19)13-26-20(29)10-11-25-21(23)24/h6-9,12,14H,4-5,10-11,13H2,1-3H3,(H,26,29)(H4,23,24,25)/b15-12-. The molecular formula is C22H30N6O2. The van der Waals surface area contributed by atoms with Crippen molar-refractivity contribution in [3.8, 4) is 5.69 Å². The molecule has 2 rings (SSSR count). The molecule has 0 atom stereocenters. The number of nitrogens with zero attached hydrogens (tertiary/aromatic N) is 3. The number of carbonyl (C=O) groups excluding carboxylic acids is 1. The first-order valence-electron chi connectivity index (χ1n) is 9.99. The quantitative estimate of drug-likeness (QED) is 0.430. The van der Waals surface area contributed by atoms with Crippen molar-refractivity contribution in [2.45, 2.75) is 46.6 Å². The van der Waals surface area contributed by atoms with Gasteiger partial charge in [-0.1, -0.05) is 37.1 Å². The van der Waals surface area contributed by atoms with Crippen molar-refractivity contribution in [1.82, 2.24) is 14.9 Å². The van der Waals surface area contributed by atoms with E-state index in [9.17, 15) is 9.59 Å². The molecule has 8 heteroatoms. The Bertz CT molecular complexity index is 986. The summed E-state index contributed by atoms with van der Waals surface area (Å²) >= 11 is 0. The molecule has 0 spiro atoms. The number of amides is 1. The molecule has 160 valence electrons. The SMILES string of the molecule is CCC/C(C)=C\c1cn(-c2ccc(CNC(=O)CCN=C(N)N)cc2)c(=O)nc1C. The number of guanidine groups is 1. The van der Waals surface area contributed by atoms with Crippen LogP contribution in [0.4, 0.5) is 0 Å². The molecule has 1 amide bonds. The number of aliphatic imine (C=N–C) groups is 1. The van der Waals surface area contributed by atoms with Gasteiger partial charge in [0.2, 0.25) is 5.91 Å². The molecule has 0 fully saturated rings. The summed E-state index contributed by atoms with van der Waals surface area (Å²) in [6.45, 7) is 6.70. The van der Waals surface area contributed by atoms with Crippen LogP contribution in [0.2, 0.25) is 0 Å². The summed E-state index contributed by atoms with van der Waals surface area (Å²) in [5.41, 5.74) is 14.7. The zero-order valence-electron chi connectivity index (χ0n) is 17.8. The third-order valence-electron chi connectivity index (χ3n) is 4.54. The van der Waals surface area contributed by atoms with Gasteiger partial charge in [-0.3, -0.25) is 14.4 Å². The maximum absolute atomic E-state index is 12.4. The van der Waals surface area contributed by atoms with Crippen molar-refractivity contribution < 1.29 is 4.79 Å². The zero-order chi connectivity index (χ0) is 22.1. The van der Waals surface area contributed by atoms with Gasteiger partial charge in [0.15, 0.2) is 5.96 Å². The Kier molecular flexibility index (Phi) is 8.34. The summed E-state index contributed by atoms with van der Waals surface area (Å²) in [5, 5.41) is 2.81. The number of benzene rings is 1. The average Bonchev–Trinajstić information content (AvgIpc) is 2.69. The van der Waals surface area contributed by atoms with Gasteiger partial charge in [0, 0.05) is 24.7 Å². The Hall–Kier alpha value is -3.42. The first kappa shape index (κ1) is 22.9. The number of nitrogens with one attached hydrogen (secondary N) is 1. The highest BCUT2D eigenvalue weighted by molar-refractivity contribution is 5.78. The van der Waals surface area contributed by atoms with Crippen LogP contribution in [0.3, 0.4) is 0 Å². The molecule has 0 saturated heterocycles. The van der Waals surface area contributed by atoms with Crippen molar-refractivity contribution in [2.24, 2.45) is 16.5 Å². The molecule has 0 aliphatic carbocycles. The lowest BCUT2D eigenvalue weighted by Crippen LogP contribution is -2.26. The van der Waals surface area contributed by atoms with Crippen LogP contribution in [0.15, 0.2) is 45.8 Å². The van der Waals surface area contributed by atoms with E-state index in [1.54, 1.807) is 0 Å². The Labute approximate surface area is 176 Å². The maximum Gasteiger partial charge on any atom is 0.352 e. The van der Waals surface area contributed by atoms with E-state index in [4.69, 9.17) is 11.5 Å². The Morgan fingerprint density at radius 3 is 2.57 bits per heavy atom. The molecule has 0 unspecified atom stereocenters. The topological polar surface area (TPSA) is 128 Å². The molecule has 1 heterocycles. The predicted molar refractivity (Wildman–Crippen MR) is 120 cm³/mol. The molecule has 5 N–H and O–H groups in total. The van der Waals surface area contributed by atoms with Gasteiger partial charge in [-0.15, -0.1) is 0 Å². The number of aryl methyl sites for hydroxylation is 1. The molecule has 0 aliphatic heterocycles. The molecule has 30 heavy (non-hydrogen) atoms. The van der Waals surface area contributed by atoms with Crippen LogP contribution < -0.4 is 22.5 Å². The fraction of sp³-hybridized carbons (Fsp3) is 0.364. The van der Waals surface area contributed by atoms with E-state index in [-0.39, 0.29) is 30.5 Å². The third-order valence-corrected chi connectivity index (χ3v) is 4.54. The van der Waals surface area contributed by atoms with Crippen molar-refractivity contribution in [2.75, 3.05) is 6.54 Å². The second kappa shape index (κ2) is 10.9. The van der Waals surface area contributed by atoms with Crippen LogP contribution in [0.25, 0.3) is 11.8 Å². The summed E-state index contributed by atoms with van der Waals surface area (Å²) in [6, 6.07) is 7.42. The van der Waals surface area contributed by atoms with E-state index in [0.717, 1.165) is 29.7 Å². The lowest BCUT2D eigenvalue weighted by atomic mass is 10.1. The predicted octanol–water partition coefficient (Wildman–Crippen LogP) is 2.02. The van der Waals surface area contributed by atoms with Gasteiger partial charge < -0.3 is 16.8 Å². The highest BCUT2D eigenvalue weighted by Gasteiger charge is 2.07. The molecule has 0 saturated carbocycles. The second-order valence-corrected chi connectivity index (χ2v) is 7.17. The molecule has 1 aromatic carbocycles. The molecule has 0 radical (unpaired) electrons. The van der Waals surface area contributed by atoms with Crippen molar-refractivity contribution >= 4 is 17.9 Å². The number of hydrogen-bond acceptors (Lipinski definition) is 4. The van der Waals surface area contributed by atoms with Gasteiger partial charge >= 0.3 is 5.69 Å². The van der Waals surface area contributed by atoms with Crippen LogP contribution in [0.1, 0.15) is 49.9 Å². The van der Waals surface area contributed by atoms with Crippen molar-refractivity contribution in [1.29, 1.82) is 0 Å². The van der Waals surface area contributed by atoms with E-state index in [0.29, 0.717) is 12.2 Å². The number of nitrogens with two attached hydrogens (primary N) is 2. The van der Waals surface area contributed by atoms with E-state index in [1.807, 2.05) is 37.4 Å². The Balaban J connectivity index is 2.10. The number of carbonyl (C=O) groups is 1. The van der Waals surface area contributed by atoms with Gasteiger partial charge in [0.25, 0.3) is 0 Å². The lowest BCUT2D eigenvalue weighted by molar-refractivity contribution is -0.121. The molecule has 2 aromatic rings. The average molecular weight is 411 g/mol. The van der Waals surface area contributed by atoms with Crippen molar-refractivity contribution in [3.63, 3.8) is 0 Å². The summed E-state index contributed by atoms with van der Waals surface area (Å²) in [6.07, 6.45) is 6.19. The van der Waals surface area contributed by atoms with E-state index < -0.39 is 0 Å². The fourth-order valence-electron chi connectivity index (χ4n) is 2.96. The lowest BCUT2D eigenvalue weighted by Gasteiger charge is -2.10. The van der Waals surface area contributed by atoms with E-state index in [2.05, 4.69) is 35.2 Å². The van der Waals surface area contributed by atoms with Gasteiger partial charge in [-0.25, -0.2) is 4.79 Å². The van der Waals surface area contributed by atoms with Gasteiger partial charge in [-0.05, 0) is 38.0 Å². The van der Waals surface area contributed by atoms with Crippen LogP contribution in [-0.2, 0) is 11.3 Å². The smallest absolute Gasteiger partial charge is 0.352 e. The van der Waals surface area contributed by atoms with Gasteiger partial charge in [0.1, 0.15) is 0 Å². The highest BCUT2D eigenvalue weighted by Crippen LogP contribution is 2.15. The summed E-state index contributed by atoms with van der Waals surface area (Å²) in [5.74, 6) is -0.166. The van der Waals surface area contributed by atoms with Gasteiger partial charge in [0.05, 0.1) is 17.9 Å². The Morgan fingerprint density at radius 1 is 1.23 bits per heavy atom. The monoisotopic (exact) mass is 410 g/mol. The van der Waals surface area contributed by atoms with E-state index >= 15 is 0 Å². The fourth-order valence-corrected chi connectivity index (χ4v) is 2.96. The minimum Gasteiger partial charge on any atom is -0.370 e. The molecule has 0 aliphatic rings. The van der Waals surface area contributed by atoms with Crippen LogP contribution in [-0.4, -0.2) is 28.0 Å². The van der Waals surface area contributed by atoms with Gasteiger partial charge in [-0.2, -0.15) is 4.98 Å². The number of allylic oxidation sites excluding steroid dienone is 1. The van der Waals surface area contributed by atoms with E-state index in [1.165, 1.54) is 10.1 Å². The van der Waals surface area contributed by atoms with Crippen molar-refractivity contribution in [3.05, 3.63) is 63.3 Å². The maximum atomic E-state index is 12.4. The zero-order valence-corrected chi connectivity index (χ0v) is 17.8. The highest BCUT2D eigenvalue weighted by atomic mass is 16.2. The van der Waals surface area contributed by atoms with Crippen LogP contribution >= 0.6 is 0 Å². The molecular weight excluding hydrogens is 380 g/mol. The molecule has 0 bridgehead atoms. The summed E-state index contributed by atoms with van der Waals surface area (Å²) < 4.78 is 1.54. The minimum atomic E-state index is -0.321. The Morgan fingerprint density at radius 2 is 1.93 bits per heavy atom.